The van der Waals surface area contributed by atoms with Crippen molar-refractivity contribution in [1.29, 1.82) is 0 Å². The minimum Gasteiger partial charge on any atom is -0.481 e. The van der Waals surface area contributed by atoms with Crippen LogP contribution in [-0.4, -0.2) is 59.7 Å². The molecule has 2 saturated carbocycles. The fraction of sp³-hybridized carbons (Fsp3) is 0.522. The van der Waals surface area contributed by atoms with Crippen LogP contribution in [0.4, 0.5) is 5.95 Å². The van der Waals surface area contributed by atoms with E-state index in [0.29, 0.717) is 46.0 Å². The van der Waals surface area contributed by atoms with Crippen LogP contribution >= 0.6 is 23.7 Å². The monoisotopic (exact) mass is 532 g/mol. The predicted molar refractivity (Wildman–Crippen MR) is 135 cm³/mol. The normalized spacial score (nSPS) is 17.4. The van der Waals surface area contributed by atoms with E-state index in [0.717, 1.165) is 16.6 Å². The van der Waals surface area contributed by atoms with Crippen molar-refractivity contribution < 1.29 is 14.7 Å². The van der Waals surface area contributed by atoms with Gasteiger partial charge in [0.2, 0.25) is 11.8 Å². The smallest absolute Gasteiger partial charge is 0.236 e. The van der Waals surface area contributed by atoms with Crippen molar-refractivity contribution in [2.75, 3.05) is 18.9 Å². The molecule has 192 valence electrons. The molecule has 36 heavy (non-hydrogen) atoms. The molecule has 0 aliphatic heterocycles. The molecular weight excluding hydrogens is 504 g/mol. The molecule has 2 fully saturated rings. The molecular formula is C23H29ClN8O3S. The zero-order valence-electron chi connectivity index (χ0n) is 20.3. The number of halogens is 1. The average molecular weight is 533 g/mol. The van der Waals surface area contributed by atoms with Crippen LogP contribution in [0.5, 0.6) is 5.88 Å². The van der Waals surface area contributed by atoms with Crippen LogP contribution in [0, 0.1) is 11.8 Å². The molecule has 11 nitrogen and oxygen atoms in total. The summed E-state index contributed by atoms with van der Waals surface area (Å²) < 4.78 is 17.3. The molecule has 2 N–H and O–H groups in total. The van der Waals surface area contributed by atoms with Crippen LogP contribution < -0.4 is 9.46 Å². The molecule has 2 aliphatic rings. The number of anilines is 1. The van der Waals surface area contributed by atoms with Gasteiger partial charge in [0.05, 0.1) is 30.3 Å². The first-order chi connectivity index (χ1) is 17.5. The van der Waals surface area contributed by atoms with E-state index < -0.39 is 12.1 Å². The molecule has 0 aromatic carbocycles. The summed E-state index contributed by atoms with van der Waals surface area (Å²) in [5.41, 5.74) is 0.694. The number of methoxy groups -OCH3 is 2. The first kappa shape index (κ1) is 25.2. The summed E-state index contributed by atoms with van der Waals surface area (Å²) in [7, 11) is 3.14. The van der Waals surface area contributed by atoms with Crippen molar-refractivity contribution >= 4 is 29.7 Å². The number of nitrogens with one attached hydrogen (secondary N) is 1. The number of rotatable bonds is 12. The number of hydrogen-bond donors (Lipinski definition) is 2. The maximum Gasteiger partial charge on any atom is 0.236 e. The average Bonchev–Trinajstić information content (AvgIpc) is 3.83. The minimum atomic E-state index is -0.582. The lowest BCUT2D eigenvalue weighted by molar-refractivity contribution is -0.0760. The molecule has 13 heteroatoms. The molecule has 0 radical (unpaired) electrons. The molecule has 0 saturated heterocycles. The lowest BCUT2D eigenvalue weighted by atomic mass is 10.1. The van der Waals surface area contributed by atoms with Crippen LogP contribution in [0.15, 0.2) is 30.6 Å². The van der Waals surface area contributed by atoms with Crippen LogP contribution in [0.1, 0.15) is 50.6 Å². The second-order valence-electron chi connectivity index (χ2n) is 9.10. The van der Waals surface area contributed by atoms with Crippen molar-refractivity contribution in [2.24, 2.45) is 11.8 Å². The van der Waals surface area contributed by atoms with Gasteiger partial charge in [-0.15, -0.1) is 14.7 Å². The molecule has 0 bridgehead atoms. The first-order valence-electron chi connectivity index (χ1n) is 11.9. The second-order valence-corrected chi connectivity index (χ2v) is 10.3. The third-order valence-corrected chi connectivity index (χ3v) is 7.52. The van der Waals surface area contributed by atoms with Gasteiger partial charge in [0.25, 0.3) is 0 Å². The van der Waals surface area contributed by atoms with Gasteiger partial charge in [-0.1, -0.05) is 17.7 Å². The SMILES string of the molecule is COc1cccc(-c2nnc(NSN(O)C(C)[C@H](OC)c3ncc(Cl)cn3)n2C(C2CC2)C2CC2)n1. The summed E-state index contributed by atoms with van der Waals surface area (Å²) in [5.74, 6) is 3.37. The highest BCUT2D eigenvalue weighted by Gasteiger charge is 2.45. The van der Waals surface area contributed by atoms with Crippen molar-refractivity contribution in [3.8, 4) is 17.4 Å². The summed E-state index contributed by atoms with van der Waals surface area (Å²) in [5, 5.41) is 20.2. The number of ether oxygens (including phenoxy) is 2. The Kier molecular flexibility index (Phi) is 7.58. The van der Waals surface area contributed by atoms with E-state index in [-0.39, 0.29) is 6.04 Å². The lowest BCUT2D eigenvalue weighted by Gasteiger charge is -2.27. The molecule has 3 aromatic rings. The lowest BCUT2D eigenvalue weighted by Crippen LogP contribution is -2.33. The van der Waals surface area contributed by atoms with Gasteiger partial charge in [0, 0.05) is 31.6 Å². The standard InChI is InChI=1S/C23H29ClN8O3S/c1-13(20(35-3)21-25-11-16(24)12-26-21)32(33)36-30-23-29-28-22(17-5-4-6-18(27-17)34-2)31(23)19(14-7-8-14)15-9-10-15/h4-6,11-15,19-20,33H,7-10H2,1-3H3,(H,29,30)/t13?,20-/m0/s1. The van der Waals surface area contributed by atoms with E-state index in [1.807, 2.05) is 19.1 Å². The van der Waals surface area contributed by atoms with Gasteiger partial charge in [0.15, 0.2) is 11.6 Å². The Labute approximate surface area is 218 Å². The highest BCUT2D eigenvalue weighted by atomic mass is 35.5. The molecule has 1 unspecified atom stereocenters. The number of hydroxylamine groups is 1. The number of aromatic nitrogens is 6. The zero-order valence-corrected chi connectivity index (χ0v) is 21.9. The number of nitrogens with zero attached hydrogens (tertiary/aromatic N) is 7. The van der Waals surface area contributed by atoms with E-state index >= 15 is 0 Å². The van der Waals surface area contributed by atoms with Gasteiger partial charge < -0.3 is 14.7 Å². The minimum absolute atomic E-state index is 0.282. The zero-order chi connectivity index (χ0) is 25.2. The van der Waals surface area contributed by atoms with Gasteiger partial charge in [0.1, 0.15) is 11.8 Å². The fourth-order valence-corrected chi connectivity index (χ4v) is 5.12. The number of hydrogen-bond acceptors (Lipinski definition) is 11. The van der Waals surface area contributed by atoms with E-state index in [1.54, 1.807) is 20.3 Å². The van der Waals surface area contributed by atoms with E-state index in [1.165, 1.54) is 38.1 Å². The summed E-state index contributed by atoms with van der Waals surface area (Å²) in [6, 6.07) is 5.40. The van der Waals surface area contributed by atoms with Crippen LogP contribution in [0.25, 0.3) is 11.5 Å². The Morgan fingerprint density at radius 1 is 1.14 bits per heavy atom. The Morgan fingerprint density at radius 2 is 1.83 bits per heavy atom. The van der Waals surface area contributed by atoms with E-state index in [2.05, 4.69) is 34.4 Å². The maximum atomic E-state index is 10.8. The summed E-state index contributed by atoms with van der Waals surface area (Å²) >= 11 is 6.91. The van der Waals surface area contributed by atoms with Crippen LogP contribution in [0.2, 0.25) is 5.02 Å². The van der Waals surface area contributed by atoms with Crippen molar-refractivity contribution in [3.05, 3.63) is 41.4 Å². The molecule has 3 heterocycles. The largest absolute Gasteiger partial charge is 0.481 e. The van der Waals surface area contributed by atoms with E-state index in [9.17, 15) is 5.21 Å². The summed E-state index contributed by atoms with van der Waals surface area (Å²) in [6.45, 7) is 1.81. The van der Waals surface area contributed by atoms with Gasteiger partial charge in [-0.3, -0.25) is 9.29 Å². The Morgan fingerprint density at radius 3 is 2.44 bits per heavy atom. The number of pyridine rings is 1. The third kappa shape index (κ3) is 5.42. The molecule has 3 aromatic heterocycles. The molecule has 5 rings (SSSR count). The van der Waals surface area contributed by atoms with Crippen molar-refractivity contribution in [1.82, 2.24) is 34.2 Å². The van der Waals surface area contributed by atoms with Crippen LogP contribution in [0.3, 0.4) is 0 Å². The third-order valence-electron chi connectivity index (χ3n) is 6.53. The fourth-order valence-electron chi connectivity index (χ4n) is 4.43. The predicted octanol–water partition coefficient (Wildman–Crippen LogP) is 4.60. The second kappa shape index (κ2) is 10.9. The molecule has 0 amide bonds. The Hall–Kier alpha value is -2.51. The highest BCUT2D eigenvalue weighted by molar-refractivity contribution is 7.98. The van der Waals surface area contributed by atoms with Crippen molar-refractivity contribution in [3.63, 3.8) is 0 Å². The molecule has 2 atom stereocenters. The Balaban J connectivity index is 1.38. The summed E-state index contributed by atoms with van der Waals surface area (Å²) in [6.07, 6.45) is 7.19. The van der Waals surface area contributed by atoms with Gasteiger partial charge in [-0.2, -0.15) is 0 Å². The summed E-state index contributed by atoms with van der Waals surface area (Å²) in [4.78, 5) is 13.1. The van der Waals surface area contributed by atoms with Crippen LogP contribution in [-0.2, 0) is 4.74 Å². The van der Waals surface area contributed by atoms with Gasteiger partial charge in [-0.25, -0.2) is 15.0 Å². The first-order valence-corrected chi connectivity index (χ1v) is 13.0. The highest BCUT2D eigenvalue weighted by Crippen LogP contribution is 2.53. The van der Waals surface area contributed by atoms with E-state index in [4.69, 9.17) is 21.1 Å². The van der Waals surface area contributed by atoms with Gasteiger partial charge in [-0.05, 0) is 50.5 Å². The van der Waals surface area contributed by atoms with Gasteiger partial charge >= 0.3 is 0 Å². The molecule has 0 spiro atoms. The topological polar surface area (TPSA) is 123 Å². The van der Waals surface area contributed by atoms with Crippen molar-refractivity contribution in [2.45, 2.75) is 50.8 Å². The quantitative estimate of drug-likeness (QED) is 0.251. The Bertz CT molecular complexity index is 1160. The molecule has 2 aliphatic carbocycles. The maximum absolute atomic E-state index is 10.8.